The summed E-state index contributed by atoms with van der Waals surface area (Å²) < 4.78 is 0. The van der Waals surface area contributed by atoms with Crippen LogP contribution < -0.4 is 11.3 Å². The van der Waals surface area contributed by atoms with Gasteiger partial charge in [-0.25, -0.2) is 4.79 Å². The summed E-state index contributed by atoms with van der Waals surface area (Å²) in [5, 5.41) is 3.01. The highest BCUT2D eigenvalue weighted by molar-refractivity contribution is 5.86. The van der Waals surface area contributed by atoms with Crippen molar-refractivity contribution in [3.05, 3.63) is 35.9 Å². The van der Waals surface area contributed by atoms with Crippen molar-refractivity contribution in [3.8, 4) is 0 Å². The van der Waals surface area contributed by atoms with E-state index in [-0.39, 0.29) is 0 Å². The molecule has 0 spiro atoms. The molecule has 0 fully saturated rings. The maximum Gasteiger partial charge on any atom is 0.349 e. The Labute approximate surface area is 86.2 Å². The molecule has 0 saturated heterocycles. The van der Waals surface area contributed by atoms with Crippen LogP contribution in [0.4, 0.5) is 5.69 Å². The van der Waals surface area contributed by atoms with Gasteiger partial charge in [0.1, 0.15) is 0 Å². The van der Waals surface area contributed by atoms with Crippen molar-refractivity contribution < 1.29 is 9.63 Å². The lowest BCUT2D eigenvalue weighted by Gasteiger charge is -1.98. The summed E-state index contributed by atoms with van der Waals surface area (Å²) in [6, 6.07) is 6.97. The topological polar surface area (TPSA) is 101 Å². The molecular formula is C9H10N4O2. The van der Waals surface area contributed by atoms with Crippen LogP contribution in [-0.2, 0) is 9.63 Å². The molecule has 0 saturated carbocycles. The molecule has 1 rings (SSSR count). The lowest BCUT2D eigenvalue weighted by Crippen LogP contribution is -2.05. The predicted molar refractivity (Wildman–Crippen MR) is 54.5 cm³/mol. The maximum absolute atomic E-state index is 10.7. The molecule has 0 aliphatic heterocycles. The molecule has 15 heavy (non-hydrogen) atoms. The highest BCUT2D eigenvalue weighted by Gasteiger charge is 1.93. The van der Waals surface area contributed by atoms with Gasteiger partial charge in [-0.05, 0) is 23.8 Å². The minimum absolute atomic E-state index is 0.613. The second kappa shape index (κ2) is 5.51. The molecule has 6 heteroatoms. The average Bonchev–Trinajstić information content (AvgIpc) is 2.28. The fourth-order valence-electron chi connectivity index (χ4n) is 0.937. The van der Waals surface area contributed by atoms with Crippen molar-refractivity contribution in [1.29, 1.82) is 5.53 Å². The molecule has 6 nitrogen and oxygen atoms in total. The van der Waals surface area contributed by atoms with Crippen LogP contribution in [0, 0.1) is 5.53 Å². The number of anilines is 1. The number of carbonyl (C=O) groups is 1. The normalized spacial score (nSPS) is 9.93. The molecule has 0 atom stereocenters. The second-order valence-electron chi connectivity index (χ2n) is 2.62. The molecule has 0 unspecified atom stereocenters. The van der Waals surface area contributed by atoms with Gasteiger partial charge in [0.05, 0.1) is 5.69 Å². The van der Waals surface area contributed by atoms with E-state index in [1.807, 2.05) is 0 Å². The average molecular weight is 206 g/mol. The van der Waals surface area contributed by atoms with Crippen molar-refractivity contribution in [2.45, 2.75) is 0 Å². The van der Waals surface area contributed by atoms with Gasteiger partial charge in [0, 0.05) is 6.08 Å². The Morgan fingerprint density at radius 3 is 2.67 bits per heavy atom. The van der Waals surface area contributed by atoms with Crippen molar-refractivity contribution in [2.24, 2.45) is 11.1 Å². The van der Waals surface area contributed by atoms with E-state index in [2.05, 4.69) is 21.4 Å². The third-order valence-electron chi connectivity index (χ3n) is 1.62. The Balaban J connectivity index is 2.67. The van der Waals surface area contributed by atoms with Crippen LogP contribution in [0.2, 0.25) is 0 Å². The summed E-state index contributed by atoms with van der Waals surface area (Å²) in [6.07, 6.45) is 2.79. The van der Waals surface area contributed by atoms with Crippen LogP contribution in [0.1, 0.15) is 5.56 Å². The first-order valence-corrected chi connectivity index (χ1v) is 4.07. The lowest BCUT2D eigenvalue weighted by atomic mass is 10.2. The second-order valence-corrected chi connectivity index (χ2v) is 2.62. The fraction of sp³-hybridized carbons (Fsp3) is 0. The summed E-state index contributed by atoms with van der Waals surface area (Å²) in [4.78, 5) is 14.6. The summed E-state index contributed by atoms with van der Waals surface area (Å²) in [6.45, 7) is 0. The standard InChI is InChI=1S/C9H10N4O2/c10-13-12-8-4-1-7(2-5-8)3-6-9(14)15-11/h1-6H,11H2,(H2,10,12)/b6-3+. The number of nitrogens with one attached hydrogen (secondary N) is 2. The largest absolute Gasteiger partial charge is 0.370 e. The van der Waals surface area contributed by atoms with Gasteiger partial charge in [0.2, 0.25) is 0 Å². The SMILES string of the molecule is N=NNc1ccc(/C=C/C(=O)ON)cc1. The first kappa shape index (κ1) is 10.9. The van der Waals surface area contributed by atoms with Crippen molar-refractivity contribution in [3.63, 3.8) is 0 Å². The molecular weight excluding hydrogens is 196 g/mol. The molecule has 4 N–H and O–H groups in total. The Kier molecular flexibility index (Phi) is 3.99. The number of rotatable bonds is 4. The number of carbonyl (C=O) groups excluding carboxylic acids is 1. The number of nitrogens with two attached hydrogens (primary N) is 1. The van der Waals surface area contributed by atoms with Crippen LogP contribution >= 0.6 is 0 Å². The number of nitrogens with zero attached hydrogens (tertiary/aromatic N) is 1. The monoisotopic (exact) mass is 206 g/mol. The molecule has 1 aromatic rings. The van der Waals surface area contributed by atoms with E-state index in [4.69, 9.17) is 5.53 Å². The Hall–Kier alpha value is -2.21. The van der Waals surface area contributed by atoms with Gasteiger partial charge in [0.25, 0.3) is 0 Å². The molecule has 0 aliphatic carbocycles. The summed E-state index contributed by atoms with van der Waals surface area (Å²) >= 11 is 0. The zero-order valence-electron chi connectivity index (χ0n) is 7.81. The predicted octanol–water partition coefficient (Wildman–Crippen LogP) is 1.47. The smallest absolute Gasteiger partial charge is 0.349 e. The van der Waals surface area contributed by atoms with Gasteiger partial charge < -0.3 is 4.84 Å². The van der Waals surface area contributed by atoms with Crippen LogP contribution in [0.25, 0.3) is 6.08 Å². The van der Waals surface area contributed by atoms with Crippen LogP contribution in [0.5, 0.6) is 0 Å². The van der Waals surface area contributed by atoms with Gasteiger partial charge in [-0.15, -0.1) is 0 Å². The third-order valence-corrected chi connectivity index (χ3v) is 1.62. The van der Waals surface area contributed by atoms with Crippen molar-refractivity contribution >= 4 is 17.7 Å². The van der Waals surface area contributed by atoms with E-state index in [0.717, 1.165) is 5.56 Å². The molecule has 0 amide bonds. The number of hydrogen-bond acceptors (Lipinski definition) is 5. The quantitative estimate of drug-likeness (QED) is 0.394. The van der Waals surface area contributed by atoms with Crippen LogP contribution in [-0.4, -0.2) is 5.97 Å². The number of benzene rings is 1. The summed E-state index contributed by atoms with van der Waals surface area (Å²) in [5.41, 5.74) is 10.6. The third kappa shape index (κ3) is 3.57. The molecule has 0 aromatic heterocycles. The maximum atomic E-state index is 10.7. The molecule has 78 valence electrons. The summed E-state index contributed by atoms with van der Waals surface area (Å²) in [5.74, 6) is 4.04. The van der Waals surface area contributed by atoms with E-state index >= 15 is 0 Å². The fourth-order valence-corrected chi connectivity index (χ4v) is 0.937. The highest BCUT2D eigenvalue weighted by Crippen LogP contribution is 2.10. The zero-order chi connectivity index (χ0) is 11.1. The van der Waals surface area contributed by atoms with Gasteiger partial charge in [-0.1, -0.05) is 17.4 Å². The molecule has 0 aliphatic rings. The first-order valence-electron chi connectivity index (χ1n) is 4.07. The Morgan fingerprint density at radius 2 is 2.13 bits per heavy atom. The van der Waals surface area contributed by atoms with E-state index in [9.17, 15) is 4.79 Å². The molecule has 0 radical (unpaired) electrons. The van der Waals surface area contributed by atoms with Gasteiger partial charge >= 0.3 is 5.97 Å². The van der Waals surface area contributed by atoms with Gasteiger partial charge in [0.15, 0.2) is 0 Å². The van der Waals surface area contributed by atoms with E-state index < -0.39 is 5.97 Å². The van der Waals surface area contributed by atoms with Crippen molar-refractivity contribution in [1.82, 2.24) is 0 Å². The zero-order valence-corrected chi connectivity index (χ0v) is 7.81. The highest BCUT2D eigenvalue weighted by atomic mass is 16.7. The van der Waals surface area contributed by atoms with Crippen LogP contribution in [0.3, 0.4) is 0 Å². The van der Waals surface area contributed by atoms with Crippen LogP contribution in [0.15, 0.2) is 35.6 Å². The minimum atomic E-state index is -0.613. The first-order chi connectivity index (χ1) is 7.26. The Morgan fingerprint density at radius 1 is 1.47 bits per heavy atom. The van der Waals surface area contributed by atoms with Gasteiger partial charge in [-0.2, -0.15) is 11.4 Å². The lowest BCUT2D eigenvalue weighted by molar-refractivity contribution is -0.138. The Bertz CT molecular complexity index is 372. The van der Waals surface area contributed by atoms with Gasteiger partial charge in [-0.3, -0.25) is 5.43 Å². The van der Waals surface area contributed by atoms with E-state index in [1.165, 1.54) is 6.08 Å². The van der Waals surface area contributed by atoms with E-state index in [1.54, 1.807) is 30.3 Å². The molecule has 0 bridgehead atoms. The van der Waals surface area contributed by atoms with Crippen molar-refractivity contribution in [2.75, 3.05) is 5.43 Å². The molecule has 0 heterocycles. The minimum Gasteiger partial charge on any atom is -0.370 e. The van der Waals surface area contributed by atoms with E-state index in [0.29, 0.717) is 5.69 Å². The summed E-state index contributed by atoms with van der Waals surface area (Å²) in [7, 11) is 0. The number of hydrogen-bond donors (Lipinski definition) is 3. The molecule has 1 aromatic carbocycles.